The molecule has 2 aromatic carbocycles. The summed E-state index contributed by atoms with van der Waals surface area (Å²) in [4.78, 5) is 14.1. The number of carbonyl (C=O) groups excluding carboxylic acids is 1. The van der Waals surface area contributed by atoms with Gasteiger partial charge in [0.1, 0.15) is 11.5 Å². The molecular formula is C18H19NO3. The minimum atomic E-state index is -0.0150. The van der Waals surface area contributed by atoms with E-state index in [4.69, 9.17) is 9.47 Å². The van der Waals surface area contributed by atoms with E-state index in [0.29, 0.717) is 12.4 Å². The van der Waals surface area contributed by atoms with E-state index < -0.39 is 0 Å². The molecule has 0 bridgehead atoms. The number of anilines is 1. The molecule has 1 amide bonds. The summed E-state index contributed by atoms with van der Waals surface area (Å²) in [5, 5.41) is 0. The van der Waals surface area contributed by atoms with Crippen molar-refractivity contribution < 1.29 is 14.3 Å². The third-order valence-corrected chi connectivity index (χ3v) is 3.69. The topological polar surface area (TPSA) is 38.8 Å². The van der Waals surface area contributed by atoms with Crippen LogP contribution in [0, 0.1) is 0 Å². The van der Waals surface area contributed by atoms with Crippen LogP contribution in [0.25, 0.3) is 0 Å². The van der Waals surface area contributed by atoms with Crippen molar-refractivity contribution in [2.45, 2.75) is 13.3 Å². The van der Waals surface area contributed by atoms with E-state index in [0.717, 1.165) is 24.4 Å². The van der Waals surface area contributed by atoms with E-state index in [1.165, 1.54) is 5.56 Å². The lowest BCUT2D eigenvalue weighted by Gasteiger charge is -2.17. The Morgan fingerprint density at radius 2 is 1.73 bits per heavy atom. The Labute approximate surface area is 130 Å². The molecule has 114 valence electrons. The van der Waals surface area contributed by atoms with Gasteiger partial charge < -0.3 is 14.4 Å². The Bertz CT molecular complexity index is 652. The molecule has 0 radical (unpaired) electrons. The van der Waals surface area contributed by atoms with E-state index in [-0.39, 0.29) is 12.5 Å². The standard InChI is InChI=1S/C18H19NO3/c1-2-21-15-7-9-16(10-8-15)22-13-18(20)19-12-11-14-5-3-4-6-17(14)19/h3-10H,2,11-13H2,1H3. The van der Waals surface area contributed by atoms with Gasteiger partial charge in [0.15, 0.2) is 6.61 Å². The maximum Gasteiger partial charge on any atom is 0.264 e. The van der Waals surface area contributed by atoms with E-state index in [1.807, 2.05) is 49.4 Å². The fourth-order valence-electron chi connectivity index (χ4n) is 2.62. The van der Waals surface area contributed by atoms with Gasteiger partial charge in [-0.3, -0.25) is 4.79 Å². The maximum atomic E-state index is 12.3. The molecule has 1 aliphatic heterocycles. The summed E-state index contributed by atoms with van der Waals surface area (Å²) in [5.41, 5.74) is 2.22. The zero-order valence-corrected chi connectivity index (χ0v) is 12.6. The van der Waals surface area contributed by atoms with Crippen LogP contribution >= 0.6 is 0 Å². The highest BCUT2D eigenvalue weighted by Crippen LogP contribution is 2.27. The van der Waals surface area contributed by atoms with Crippen molar-refractivity contribution in [1.82, 2.24) is 0 Å². The highest BCUT2D eigenvalue weighted by molar-refractivity contribution is 5.96. The molecule has 4 heteroatoms. The van der Waals surface area contributed by atoms with Crippen LogP contribution in [0.2, 0.25) is 0 Å². The zero-order valence-electron chi connectivity index (χ0n) is 12.6. The largest absolute Gasteiger partial charge is 0.494 e. The molecular weight excluding hydrogens is 278 g/mol. The van der Waals surface area contributed by atoms with E-state index in [9.17, 15) is 4.79 Å². The van der Waals surface area contributed by atoms with Gasteiger partial charge in [-0.15, -0.1) is 0 Å². The van der Waals surface area contributed by atoms with E-state index >= 15 is 0 Å². The third kappa shape index (κ3) is 3.06. The molecule has 1 aliphatic rings. The summed E-state index contributed by atoms with van der Waals surface area (Å²) in [6.45, 7) is 3.34. The highest BCUT2D eigenvalue weighted by Gasteiger charge is 2.24. The maximum absolute atomic E-state index is 12.3. The summed E-state index contributed by atoms with van der Waals surface area (Å²) in [7, 11) is 0. The SMILES string of the molecule is CCOc1ccc(OCC(=O)N2CCc3ccccc32)cc1. The van der Waals surface area contributed by atoms with Gasteiger partial charge in [0, 0.05) is 12.2 Å². The Morgan fingerprint density at radius 3 is 2.45 bits per heavy atom. The molecule has 0 N–H and O–H groups in total. The molecule has 1 heterocycles. The van der Waals surface area contributed by atoms with Crippen molar-refractivity contribution in [3.8, 4) is 11.5 Å². The lowest BCUT2D eigenvalue weighted by molar-refractivity contribution is -0.120. The molecule has 0 spiro atoms. The van der Waals surface area contributed by atoms with Gasteiger partial charge in [0.2, 0.25) is 0 Å². The first kappa shape index (κ1) is 14.4. The minimum Gasteiger partial charge on any atom is -0.494 e. The van der Waals surface area contributed by atoms with Gasteiger partial charge >= 0.3 is 0 Å². The number of ether oxygens (including phenoxy) is 2. The van der Waals surface area contributed by atoms with Crippen molar-refractivity contribution in [2.75, 3.05) is 24.7 Å². The van der Waals surface area contributed by atoms with Gasteiger partial charge in [0.25, 0.3) is 5.91 Å². The second kappa shape index (κ2) is 6.52. The van der Waals surface area contributed by atoms with Gasteiger partial charge in [-0.1, -0.05) is 18.2 Å². The quantitative estimate of drug-likeness (QED) is 0.851. The molecule has 0 saturated heterocycles. The fraction of sp³-hybridized carbons (Fsp3) is 0.278. The van der Waals surface area contributed by atoms with Crippen molar-refractivity contribution in [2.24, 2.45) is 0 Å². The van der Waals surface area contributed by atoms with Crippen LogP contribution in [0.1, 0.15) is 12.5 Å². The number of carbonyl (C=O) groups is 1. The van der Waals surface area contributed by atoms with Gasteiger partial charge in [0.05, 0.1) is 6.61 Å². The minimum absolute atomic E-state index is 0.0150. The summed E-state index contributed by atoms with van der Waals surface area (Å²) < 4.78 is 11.0. The molecule has 4 nitrogen and oxygen atoms in total. The predicted octanol–water partition coefficient (Wildman–Crippen LogP) is 3.05. The Balaban J connectivity index is 1.59. The number of benzene rings is 2. The number of fused-ring (bicyclic) bond motifs is 1. The second-order valence-electron chi connectivity index (χ2n) is 5.12. The summed E-state index contributed by atoms with van der Waals surface area (Å²) >= 11 is 0. The van der Waals surface area contributed by atoms with Crippen LogP contribution in [0.3, 0.4) is 0 Å². The number of hydrogen-bond donors (Lipinski definition) is 0. The molecule has 22 heavy (non-hydrogen) atoms. The van der Waals surface area contributed by atoms with Crippen LogP contribution in [0.4, 0.5) is 5.69 Å². The number of amides is 1. The Kier molecular flexibility index (Phi) is 4.28. The Morgan fingerprint density at radius 1 is 1.05 bits per heavy atom. The normalized spacial score (nSPS) is 12.9. The average Bonchev–Trinajstić information content (AvgIpc) is 2.98. The molecule has 0 fully saturated rings. The molecule has 0 saturated carbocycles. The van der Waals surface area contributed by atoms with Crippen molar-refractivity contribution in [1.29, 1.82) is 0 Å². The average molecular weight is 297 g/mol. The molecule has 0 aliphatic carbocycles. The first-order chi connectivity index (χ1) is 10.8. The fourth-order valence-corrected chi connectivity index (χ4v) is 2.62. The predicted molar refractivity (Wildman–Crippen MR) is 85.6 cm³/mol. The number of hydrogen-bond acceptors (Lipinski definition) is 3. The summed E-state index contributed by atoms with van der Waals surface area (Å²) in [6, 6.07) is 15.3. The van der Waals surface area contributed by atoms with Crippen LogP contribution < -0.4 is 14.4 Å². The zero-order chi connectivity index (χ0) is 15.4. The lowest BCUT2D eigenvalue weighted by atomic mass is 10.2. The highest BCUT2D eigenvalue weighted by atomic mass is 16.5. The molecule has 2 aromatic rings. The molecule has 0 unspecified atom stereocenters. The monoisotopic (exact) mass is 297 g/mol. The smallest absolute Gasteiger partial charge is 0.264 e. The molecule has 3 rings (SSSR count). The lowest BCUT2D eigenvalue weighted by Crippen LogP contribution is -2.33. The first-order valence-electron chi connectivity index (χ1n) is 7.52. The van der Waals surface area contributed by atoms with Crippen LogP contribution in [-0.2, 0) is 11.2 Å². The molecule has 0 atom stereocenters. The number of para-hydroxylation sites is 1. The van der Waals surface area contributed by atoms with Gasteiger partial charge in [-0.2, -0.15) is 0 Å². The van der Waals surface area contributed by atoms with Crippen molar-refractivity contribution in [3.05, 3.63) is 54.1 Å². The van der Waals surface area contributed by atoms with E-state index in [1.54, 1.807) is 4.90 Å². The van der Waals surface area contributed by atoms with Crippen LogP contribution in [0.5, 0.6) is 11.5 Å². The van der Waals surface area contributed by atoms with Gasteiger partial charge in [-0.25, -0.2) is 0 Å². The van der Waals surface area contributed by atoms with E-state index in [2.05, 4.69) is 6.07 Å². The summed E-state index contributed by atoms with van der Waals surface area (Å²) in [6.07, 6.45) is 0.908. The third-order valence-electron chi connectivity index (χ3n) is 3.69. The first-order valence-corrected chi connectivity index (χ1v) is 7.52. The van der Waals surface area contributed by atoms with Crippen molar-refractivity contribution in [3.63, 3.8) is 0 Å². The Hall–Kier alpha value is -2.49. The van der Waals surface area contributed by atoms with Crippen LogP contribution in [-0.4, -0.2) is 25.7 Å². The number of nitrogens with zero attached hydrogens (tertiary/aromatic N) is 1. The van der Waals surface area contributed by atoms with Gasteiger partial charge in [-0.05, 0) is 49.2 Å². The number of rotatable bonds is 5. The second-order valence-corrected chi connectivity index (χ2v) is 5.12. The molecule has 0 aromatic heterocycles. The van der Waals surface area contributed by atoms with Crippen LogP contribution in [0.15, 0.2) is 48.5 Å². The van der Waals surface area contributed by atoms with Crippen molar-refractivity contribution >= 4 is 11.6 Å². The summed E-state index contributed by atoms with van der Waals surface area (Å²) in [5.74, 6) is 1.46.